The molecule has 1 fully saturated rings. The number of hydrogen-bond acceptors (Lipinski definition) is 3. The fourth-order valence-electron chi connectivity index (χ4n) is 3.69. The van der Waals surface area contributed by atoms with E-state index < -0.39 is 19.1 Å². The number of benzene rings is 2. The molecular formula is C20H20F2N2O2. The Morgan fingerprint density at radius 1 is 1.08 bits per heavy atom. The minimum Gasteiger partial charge on any atom is -0.448 e. The number of amides is 1. The van der Waals surface area contributed by atoms with Crippen molar-refractivity contribution in [3.05, 3.63) is 59.7 Å². The van der Waals surface area contributed by atoms with Crippen LogP contribution in [0.3, 0.4) is 0 Å². The molecule has 0 atom stereocenters. The molecule has 26 heavy (non-hydrogen) atoms. The van der Waals surface area contributed by atoms with Crippen LogP contribution in [0, 0.1) is 0 Å². The summed E-state index contributed by atoms with van der Waals surface area (Å²) in [7, 11) is 0. The lowest BCUT2D eigenvalue weighted by molar-refractivity contribution is 0.0320. The van der Waals surface area contributed by atoms with Crippen LogP contribution in [0.5, 0.6) is 0 Å². The minimum absolute atomic E-state index is 0.0701. The van der Waals surface area contributed by atoms with E-state index in [0.717, 1.165) is 27.2 Å². The lowest BCUT2D eigenvalue weighted by atomic mass is 9.98. The summed E-state index contributed by atoms with van der Waals surface area (Å²) < 4.78 is 31.1. The molecule has 0 aromatic heterocycles. The number of rotatable bonds is 5. The smallest absolute Gasteiger partial charge is 0.410 e. The predicted octanol–water partition coefficient (Wildman–Crippen LogP) is 3.47. The minimum atomic E-state index is -2.57. The summed E-state index contributed by atoms with van der Waals surface area (Å²) in [6.45, 7) is 0.601. The van der Waals surface area contributed by atoms with E-state index in [1.807, 2.05) is 36.4 Å². The first kappa shape index (κ1) is 17.0. The molecule has 1 heterocycles. The summed E-state index contributed by atoms with van der Waals surface area (Å²) in [5.74, 6) is -0.0701. The normalized spacial score (nSPS) is 16.1. The highest BCUT2D eigenvalue weighted by Gasteiger charge is 2.34. The average Bonchev–Trinajstić information content (AvgIpc) is 2.91. The molecule has 2 aromatic carbocycles. The second kappa shape index (κ2) is 7.03. The summed E-state index contributed by atoms with van der Waals surface area (Å²) in [6, 6.07) is 15.8. The Labute approximate surface area is 150 Å². The number of halogens is 2. The molecular weight excluding hydrogens is 338 g/mol. The third-order valence-electron chi connectivity index (χ3n) is 5.11. The van der Waals surface area contributed by atoms with Crippen molar-refractivity contribution in [3.63, 3.8) is 0 Å². The van der Waals surface area contributed by atoms with E-state index >= 15 is 0 Å². The zero-order chi connectivity index (χ0) is 18.1. The van der Waals surface area contributed by atoms with Gasteiger partial charge in [-0.25, -0.2) is 13.6 Å². The number of carbonyl (C=O) groups excluding carboxylic acids is 1. The number of nitrogens with zero attached hydrogens (tertiary/aromatic N) is 1. The van der Waals surface area contributed by atoms with Gasteiger partial charge in [0.05, 0.1) is 12.6 Å². The lowest BCUT2D eigenvalue weighted by Gasteiger charge is -2.37. The molecule has 6 heteroatoms. The Kier molecular flexibility index (Phi) is 4.59. The van der Waals surface area contributed by atoms with Gasteiger partial charge in [0.2, 0.25) is 0 Å². The number of carbonyl (C=O) groups is 1. The van der Waals surface area contributed by atoms with Crippen molar-refractivity contribution < 1.29 is 18.3 Å². The van der Waals surface area contributed by atoms with Crippen LogP contribution >= 0.6 is 0 Å². The highest BCUT2D eigenvalue weighted by atomic mass is 19.3. The van der Waals surface area contributed by atoms with E-state index in [1.165, 1.54) is 0 Å². The number of alkyl halides is 2. The fraction of sp³-hybridized carbons (Fsp3) is 0.350. The topological polar surface area (TPSA) is 41.6 Å². The highest BCUT2D eigenvalue weighted by Crippen LogP contribution is 2.44. The van der Waals surface area contributed by atoms with Crippen molar-refractivity contribution >= 4 is 6.09 Å². The Bertz CT molecular complexity index is 762. The number of fused-ring (bicyclic) bond motifs is 3. The first-order valence-corrected chi connectivity index (χ1v) is 8.75. The van der Waals surface area contributed by atoms with Crippen molar-refractivity contribution in [2.24, 2.45) is 0 Å². The van der Waals surface area contributed by atoms with Gasteiger partial charge in [0, 0.05) is 19.0 Å². The summed E-state index contributed by atoms with van der Waals surface area (Å²) in [5, 5.41) is 3.00. The van der Waals surface area contributed by atoms with Gasteiger partial charge in [-0.2, -0.15) is 0 Å². The Balaban J connectivity index is 1.51. The van der Waals surface area contributed by atoms with E-state index in [9.17, 15) is 13.6 Å². The summed E-state index contributed by atoms with van der Waals surface area (Å²) >= 11 is 0. The van der Waals surface area contributed by atoms with Gasteiger partial charge >= 0.3 is 6.09 Å². The van der Waals surface area contributed by atoms with Gasteiger partial charge < -0.3 is 10.1 Å². The maximum Gasteiger partial charge on any atom is 0.410 e. The molecule has 4 nitrogen and oxygen atoms in total. The quantitative estimate of drug-likeness (QED) is 0.890. The Hall–Kier alpha value is -2.47. The second-order valence-electron chi connectivity index (χ2n) is 6.66. The Morgan fingerprint density at radius 3 is 2.15 bits per heavy atom. The molecule has 0 radical (unpaired) electrons. The zero-order valence-corrected chi connectivity index (χ0v) is 14.2. The standard InChI is InChI=1S/C20H20F2N2O2/c21-19(22)11-24(13-9-23-10-13)20(25)26-12-18-16-7-3-1-5-14(16)15-6-2-4-8-17(15)18/h1-8,13,18-19,23H,9-12H2. The highest BCUT2D eigenvalue weighted by molar-refractivity contribution is 5.79. The lowest BCUT2D eigenvalue weighted by Crippen LogP contribution is -2.60. The largest absolute Gasteiger partial charge is 0.448 e. The van der Waals surface area contributed by atoms with E-state index in [2.05, 4.69) is 17.4 Å². The fourth-order valence-corrected chi connectivity index (χ4v) is 3.69. The molecule has 1 N–H and O–H groups in total. The van der Waals surface area contributed by atoms with Gasteiger partial charge in [-0.3, -0.25) is 4.90 Å². The molecule has 1 saturated heterocycles. The van der Waals surface area contributed by atoms with E-state index in [-0.39, 0.29) is 18.6 Å². The maximum atomic E-state index is 12.8. The second-order valence-corrected chi connectivity index (χ2v) is 6.66. The van der Waals surface area contributed by atoms with Gasteiger partial charge in [-0.05, 0) is 22.3 Å². The van der Waals surface area contributed by atoms with Crippen molar-refractivity contribution in [1.82, 2.24) is 10.2 Å². The molecule has 2 aliphatic rings. The Morgan fingerprint density at radius 2 is 1.65 bits per heavy atom. The molecule has 136 valence electrons. The molecule has 0 bridgehead atoms. The van der Waals surface area contributed by atoms with Gasteiger partial charge in [0.25, 0.3) is 6.43 Å². The monoisotopic (exact) mass is 358 g/mol. The van der Waals surface area contributed by atoms with E-state index in [0.29, 0.717) is 13.1 Å². The van der Waals surface area contributed by atoms with Crippen LogP contribution < -0.4 is 5.32 Å². The van der Waals surface area contributed by atoms with Gasteiger partial charge in [-0.1, -0.05) is 48.5 Å². The van der Waals surface area contributed by atoms with Gasteiger partial charge in [-0.15, -0.1) is 0 Å². The summed E-state index contributed by atoms with van der Waals surface area (Å²) in [5.41, 5.74) is 4.48. The summed E-state index contributed by atoms with van der Waals surface area (Å²) in [4.78, 5) is 13.6. The van der Waals surface area contributed by atoms with Crippen LogP contribution in [0.2, 0.25) is 0 Å². The van der Waals surface area contributed by atoms with Crippen molar-refractivity contribution in [2.45, 2.75) is 18.4 Å². The number of hydrogen-bond donors (Lipinski definition) is 1. The van der Waals surface area contributed by atoms with Crippen molar-refractivity contribution in [2.75, 3.05) is 26.2 Å². The van der Waals surface area contributed by atoms with Crippen LogP contribution in [-0.2, 0) is 4.74 Å². The maximum absolute atomic E-state index is 12.8. The molecule has 0 unspecified atom stereocenters. The molecule has 1 aliphatic heterocycles. The SMILES string of the molecule is O=C(OCC1c2ccccc2-c2ccccc21)N(CC(F)F)C1CNC1. The third kappa shape index (κ3) is 3.05. The van der Waals surface area contributed by atoms with Crippen LogP contribution in [-0.4, -0.2) is 49.7 Å². The van der Waals surface area contributed by atoms with E-state index in [4.69, 9.17) is 4.74 Å². The van der Waals surface area contributed by atoms with Crippen LogP contribution in [0.25, 0.3) is 11.1 Å². The summed E-state index contributed by atoms with van der Waals surface area (Å²) in [6.07, 6.45) is -3.24. The first-order chi connectivity index (χ1) is 12.6. The first-order valence-electron chi connectivity index (χ1n) is 8.75. The zero-order valence-electron chi connectivity index (χ0n) is 14.2. The van der Waals surface area contributed by atoms with Crippen molar-refractivity contribution in [1.29, 1.82) is 0 Å². The van der Waals surface area contributed by atoms with Gasteiger partial charge in [0.15, 0.2) is 0 Å². The molecule has 4 rings (SSSR count). The van der Waals surface area contributed by atoms with Crippen LogP contribution in [0.15, 0.2) is 48.5 Å². The molecule has 1 amide bonds. The predicted molar refractivity (Wildman–Crippen MR) is 94.4 cm³/mol. The van der Waals surface area contributed by atoms with Crippen LogP contribution in [0.1, 0.15) is 17.0 Å². The van der Waals surface area contributed by atoms with Crippen LogP contribution in [0.4, 0.5) is 13.6 Å². The molecule has 1 aliphatic carbocycles. The molecule has 2 aromatic rings. The molecule has 0 saturated carbocycles. The third-order valence-corrected chi connectivity index (χ3v) is 5.11. The average molecular weight is 358 g/mol. The molecule has 0 spiro atoms. The van der Waals surface area contributed by atoms with Gasteiger partial charge in [0.1, 0.15) is 6.61 Å². The number of ether oxygens (including phenoxy) is 1. The van der Waals surface area contributed by atoms with E-state index in [1.54, 1.807) is 0 Å². The number of nitrogens with one attached hydrogen (secondary N) is 1. The van der Waals surface area contributed by atoms with Crippen molar-refractivity contribution in [3.8, 4) is 11.1 Å².